The van der Waals surface area contributed by atoms with Crippen LogP contribution in [0.2, 0.25) is 0 Å². The van der Waals surface area contributed by atoms with Gasteiger partial charge in [0.25, 0.3) is 0 Å². The molecular formula is C14H20N2O9S. The normalized spacial score (nSPS) is 27.8. The molecule has 0 spiro atoms. The average Bonchev–Trinajstić information content (AvgIpc) is 2.50. The molecule has 0 saturated carbocycles. The fraction of sp³-hybridized carbons (Fsp3) is 0.643. The highest BCUT2D eigenvalue weighted by molar-refractivity contribution is 8.14. The van der Waals surface area contributed by atoms with Crippen LogP contribution in [0, 0.1) is 5.41 Å². The molecule has 1 aliphatic heterocycles. The van der Waals surface area contributed by atoms with Gasteiger partial charge in [0.15, 0.2) is 35.0 Å². The zero-order chi connectivity index (χ0) is 20.0. The van der Waals surface area contributed by atoms with Gasteiger partial charge >= 0.3 is 23.9 Å². The quantitative estimate of drug-likeness (QED) is 0.263. The monoisotopic (exact) mass is 392 g/mol. The standard InChI is InChI=1S/C14H20N2O9S/c1-5(17)22-8-9(23-6(2)18)11(24-7(3)19)13(26-14(15)16)25-10(8)12(20)21-4/h8-11,13H,1-4H3,(H3,15,16)/t8-,9-,10+,11+,13+/m0/s1. The minimum atomic E-state index is -1.49. The topological polar surface area (TPSA) is 164 Å². The minimum absolute atomic E-state index is 0.400. The molecule has 0 aromatic carbocycles. The van der Waals surface area contributed by atoms with Gasteiger partial charge in [-0.2, -0.15) is 0 Å². The average molecular weight is 392 g/mol. The molecular weight excluding hydrogens is 372 g/mol. The van der Waals surface area contributed by atoms with E-state index in [0.717, 1.165) is 27.9 Å². The Kier molecular flexibility index (Phi) is 7.83. The molecule has 0 aromatic heterocycles. The highest BCUT2D eigenvalue weighted by Gasteiger charge is 2.55. The lowest BCUT2D eigenvalue weighted by atomic mass is 9.99. The van der Waals surface area contributed by atoms with Crippen LogP contribution in [-0.4, -0.2) is 66.0 Å². The van der Waals surface area contributed by atoms with Crippen LogP contribution in [0.3, 0.4) is 0 Å². The summed E-state index contributed by atoms with van der Waals surface area (Å²) >= 11 is 0.631. The van der Waals surface area contributed by atoms with E-state index in [1.807, 2.05) is 0 Å². The van der Waals surface area contributed by atoms with Gasteiger partial charge in [-0.3, -0.25) is 19.8 Å². The third-order valence-corrected chi connectivity index (χ3v) is 3.94. The van der Waals surface area contributed by atoms with Crippen molar-refractivity contribution in [3.05, 3.63) is 0 Å². The number of thioether (sulfide) groups is 1. The number of carbonyl (C=O) groups is 4. The summed E-state index contributed by atoms with van der Waals surface area (Å²) in [7, 11) is 1.09. The Labute approximate surface area is 153 Å². The molecule has 0 bridgehead atoms. The summed E-state index contributed by atoms with van der Waals surface area (Å²) in [6, 6.07) is 0. The fourth-order valence-electron chi connectivity index (χ4n) is 2.30. The van der Waals surface area contributed by atoms with Crippen molar-refractivity contribution in [2.45, 2.75) is 50.6 Å². The lowest BCUT2D eigenvalue weighted by molar-refractivity contribution is -0.234. The second-order valence-electron chi connectivity index (χ2n) is 5.15. The highest BCUT2D eigenvalue weighted by Crippen LogP contribution is 2.34. The van der Waals surface area contributed by atoms with Gasteiger partial charge < -0.3 is 29.4 Å². The Morgan fingerprint density at radius 2 is 1.38 bits per heavy atom. The summed E-state index contributed by atoms with van der Waals surface area (Å²) in [6.07, 6.45) is -5.60. The number of hydrogen-bond donors (Lipinski definition) is 2. The van der Waals surface area contributed by atoms with Gasteiger partial charge in [0.1, 0.15) is 0 Å². The first-order valence-electron chi connectivity index (χ1n) is 7.32. The maximum absolute atomic E-state index is 12.1. The van der Waals surface area contributed by atoms with Crippen molar-refractivity contribution in [3.63, 3.8) is 0 Å². The molecule has 0 amide bonds. The van der Waals surface area contributed by atoms with Gasteiger partial charge in [-0.15, -0.1) is 0 Å². The van der Waals surface area contributed by atoms with Crippen molar-refractivity contribution in [3.8, 4) is 0 Å². The van der Waals surface area contributed by atoms with Crippen molar-refractivity contribution < 1.29 is 42.9 Å². The summed E-state index contributed by atoms with van der Waals surface area (Å²) < 4.78 is 25.5. The molecule has 1 aliphatic rings. The maximum atomic E-state index is 12.1. The molecule has 5 atom stereocenters. The first-order chi connectivity index (χ1) is 12.1. The van der Waals surface area contributed by atoms with E-state index in [4.69, 9.17) is 30.1 Å². The summed E-state index contributed by atoms with van der Waals surface area (Å²) in [5, 5.41) is 7.00. The predicted molar refractivity (Wildman–Crippen MR) is 86.8 cm³/mol. The molecule has 12 heteroatoms. The third kappa shape index (κ3) is 5.88. The van der Waals surface area contributed by atoms with Crippen LogP contribution in [0.1, 0.15) is 20.8 Å². The first-order valence-corrected chi connectivity index (χ1v) is 8.20. The van der Waals surface area contributed by atoms with Crippen LogP contribution >= 0.6 is 11.8 Å². The Morgan fingerprint density at radius 1 is 0.923 bits per heavy atom. The summed E-state index contributed by atoms with van der Waals surface area (Å²) in [6.45, 7) is 3.27. The van der Waals surface area contributed by atoms with Gasteiger partial charge in [-0.1, -0.05) is 11.8 Å². The van der Waals surface area contributed by atoms with Crippen LogP contribution in [0.4, 0.5) is 0 Å². The lowest BCUT2D eigenvalue weighted by Gasteiger charge is -2.43. The molecule has 1 rings (SSSR count). The van der Waals surface area contributed by atoms with Crippen molar-refractivity contribution in [1.82, 2.24) is 0 Å². The number of ether oxygens (including phenoxy) is 5. The predicted octanol–water partition coefficient (Wildman–Crippen LogP) is -0.694. The third-order valence-electron chi connectivity index (χ3n) is 3.08. The minimum Gasteiger partial charge on any atom is -0.467 e. The lowest BCUT2D eigenvalue weighted by Crippen LogP contribution is -2.62. The van der Waals surface area contributed by atoms with Gasteiger partial charge in [-0.25, -0.2) is 4.79 Å². The van der Waals surface area contributed by atoms with E-state index in [1.54, 1.807) is 0 Å². The molecule has 0 aliphatic carbocycles. The van der Waals surface area contributed by atoms with Crippen LogP contribution in [-0.2, 0) is 42.9 Å². The van der Waals surface area contributed by atoms with Gasteiger partial charge in [-0.05, 0) is 0 Å². The second-order valence-corrected chi connectivity index (χ2v) is 6.29. The van der Waals surface area contributed by atoms with E-state index >= 15 is 0 Å². The van der Waals surface area contributed by atoms with Crippen molar-refractivity contribution in [1.29, 1.82) is 5.41 Å². The number of hydrogen-bond acceptors (Lipinski definition) is 11. The number of esters is 4. The van der Waals surface area contributed by atoms with Crippen molar-refractivity contribution in [2.24, 2.45) is 5.73 Å². The molecule has 0 radical (unpaired) electrons. The maximum Gasteiger partial charge on any atom is 0.339 e. The molecule has 26 heavy (non-hydrogen) atoms. The molecule has 3 N–H and O–H groups in total. The molecule has 146 valence electrons. The first kappa shape index (κ1) is 21.7. The fourth-order valence-corrected chi connectivity index (χ4v) is 3.07. The Hall–Kier alpha value is -2.34. The Bertz CT molecular complexity index is 597. The molecule has 11 nitrogen and oxygen atoms in total. The van der Waals surface area contributed by atoms with Gasteiger partial charge in [0, 0.05) is 20.8 Å². The number of methoxy groups -OCH3 is 1. The number of carbonyl (C=O) groups excluding carboxylic acids is 4. The Balaban J connectivity index is 3.37. The number of amidine groups is 1. The molecule has 1 saturated heterocycles. The van der Waals surface area contributed by atoms with E-state index in [-0.39, 0.29) is 0 Å². The largest absolute Gasteiger partial charge is 0.467 e. The zero-order valence-electron chi connectivity index (χ0n) is 14.5. The van der Waals surface area contributed by atoms with Gasteiger partial charge in [0.2, 0.25) is 0 Å². The van der Waals surface area contributed by atoms with Crippen molar-refractivity contribution >= 4 is 40.8 Å². The van der Waals surface area contributed by atoms with Gasteiger partial charge in [0.05, 0.1) is 7.11 Å². The van der Waals surface area contributed by atoms with Crippen LogP contribution in [0.25, 0.3) is 0 Å². The zero-order valence-corrected chi connectivity index (χ0v) is 15.4. The van der Waals surface area contributed by atoms with Crippen LogP contribution in [0.15, 0.2) is 0 Å². The molecule has 1 fully saturated rings. The Morgan fingerprint density at radius 3 is 1.81 bits per heavy atom. The summed E-state index contributed by atoms with van der Waals surface area (Å²) in [4.78, 5) is 46.5. The van der Waals surface area contributed by atoms with E-state index < -0.39 is 58.9 Å². The van der Waals surface area contributed by atoms with E-state index in [2.05, 4.69) is 4.74 Å². The summed E-state index contributed by atoms with van der Waals surface area (Å²) in [5.41, 5.74) is 4.17. The van der Waals surface area contributed by atoms with E-state index in [1.165, 1.54) is 0 Å². The number of nitrogens with two attached hydrogens (primary N) is 1. The molecule has 0 aromatic rings. The van der Waals surface area contributed by atoms with Crippen LogP contribution < -0.4 is 5.73 Å². The number of nitrogens with one attached hydrogen (secondary N) is 1. The SMILES string of the molecule is COC(=O)[C@@H]1O[C@H](SC(=N)N)[C@H](OC(C)=O)[C@@H](OC(C)=O)[C@@H]1OC(C)=O. The smallest absolute Gasteiger partial charge is 0.339 e. The second kappa shape index (κ2) is 9.38. The number of rotatable bonds is 5. The van der Waals surface area contributed by atoms with Crippen molar-refractivity contribution in [2.75, 3.05) is 7.11 Å². The molecule has 0 unspecified atom stereocenters. The highest BCUT2D eigenvalue weighted by atomic mass is 32.2. The molecule has 1 heterocycles. The van der Waals surface area contributed by atoms with E-state index in [9.17, 15) is 19.2 Å². The summed E-state index contributed by atoms with van der Waals surface area (Å²) in [5.74, 6) is -3.22. The van der Waals surface area contributed by atoms with Crippen LogP contribution in [0.5, 0.6) is 0 Å². The van der Waals surface area contributed by atoms with E-state index in [0.29, 0.717) is 11.8 Å².